The smallest absolute Gasteiger partial charge is 0.159 e. The van der Waals surface area contributed by atoms with Crippen molar-refractivity contribution in [3.05, 3.63) is 53.6 Å². The molecule has 0 spiro atoms. The maximum atomic E-state index is 11.6. The first kappa shape index (κ1) is 11.6. The van der Waals surface area contributed by atoms with Crippen LogP contribution >= 0.6 is 0 Å². The summed E-state index contributed by atoms with van der Waals surface area (Å²) in [4.78, 5) is 11.6. The van der Waals surface area contributed by atoms with E-state index in [0.29, 0.717) is 11.3 Å². The number of carbonyl (C=O) groups is 1. The second kappa shape index (κ2) is 5.72. The van der Waals surface area contributed by atoms with E-state index in [1.165, 1.54) is 6.92 Å². The van der Waals surface area contributed by atoms with Gasteiger partial charge in [0.25, 0.3) is 0 Å². The quantitative estimate of drug-likeness (QED) is 0.753. The molecule has 2 aromatic carbocycles. The third-order valence-electron chi connectivity index (χ3n) is 3.50. The van der Waals surface area contributed by atoms with Gasteiger partial charge in [0.1, 0.15) is 5.75 Å². The molecule has 0 heterocycles. The Labute approximate surface area is 131 Å². The van der Waals surface area contributed by atoms with E-state index >= 15 is 0 Å². The second-order valence-corrected chi connectivity index (χ2v) is 6.20. The van der Waals surface area contributed by atoms with Crippen molar-refractivity contribution in [2.45, 2.75) is 33.1 Å². The molecular formula is C19H22O2. The topological polar surface area (TPSA) is 26.3 Å². The van der Waals surface area contributed by atoms with E-state index in [4.69, 9.17) is 8.85 Å². The molecule has 0 aliphatic rings. The van der Waals surface area contributed by atoms with E-state index in [1.54, 1.807) is 12.1 Å². The number of benzene rings is 2. The fraction of sp³-hybridized carbons (Fsp3) is 0.316. The first-order chi connectivity index (χ1) is 11.0. The van der Waals surface area contributed by atoms with Crippen LogP contribution in [-0.2, 0) is 5.41 Å². The van der Waals surface area contributed by atoms with E-state index in [2.05, 4.69) is 0 Å². The molecule has 21 heavy (non-hydrogen) atoms. The fourth-order valence-corrected chi connectivity index (χ4v) is 2.30. The molecule has 0 unspecified atom stereocenters. The summed E-state index contributed by atoms with van der Waals surface area (Å²) in [7, 11) is -2.49. The zero-order valence-corrected chi connectivity index (χ0v) is 12.9. The monoisotopic (exact) mass is 285 g/mol. The molecule has 0 bridgehead atoms. The van der Waals surface area contributed by atoms with E-state index in [1.807, 2.05) is 51.1 Å². The number of Topliss-reactive ketones (excluding diaryl/α,β-unsaturated/α-hetero) is 1. The zero-order chi connectivity index (χ0) is 18.1. The van der Waals surface area contributed by atoms with Crippen LogP contribution in [0.15, 0.2) is 42.5 Å². The number of hydrogen-bond donors (Lipinski definition) is 0. The van der Waals surface area contributed by atoms with Crippen LogP contribution in [-0.4, -0.2) is 12.8 Å². The van der Waals surface area contributed by atoms with Gasteiger partial charge >= 0.3 is 0 Å². The highest BCUT2D eigenvalue weighted by molar-refractivity contribution is 5.95. The normalized spacial score (nSPS) is 14.0. The van der Waals surface area contributed by atoms with Gasteiger partial charge in [0, 0.05) is 11.1 Å². The number of ether oxygens (including phenoxy) is 1. The summed E-state index contributed by atoms with van der Waals surface area (Å²) < 4.78 is 27.2. The summed E-state index contributed by atoms with van der Waals surface area (Å²) in [5.41, 5.74) is 3.00. The Hall–Kier alpha value is -2.09. The van der Waals surface area contributed by atoms with Crippen molar-refractivity contribution < 1.29 is 13.6 Å². The number of hydrogen-bond acceptors (Lipinski definition) is 2. The van der Waals surface area contributed by atoms with Crippen LogP contribution in [0.1, 0.15) is 47.7 Å². The van der Waals surface area contributed by atoms with Gasteiger partial charge in [0.2, 0.25) is 0 Å². The molecule has 0 atom stereocenters. The van der Waals surface area contributed by atoms with E-state index in [-0.39, 0.29) is 11.2 Å². The minimum atomic E-state index is -2.49. The van der Waals surface area contributed by atoms with Gasteiger partial charge in [-0.15, -0.1) is 0 Å². The van der Waals surface area contributed by atoms with Crippen LogP contribution in [0.4, 0.5) is 0 Å². The lowest BCUT2D eigenvalue weighted by molar-refractivity contribution is 0.101. The zero-order valence-electron chi connectivity index (χ0n) is 15.9. The Bertz CT molecular complexity index is 756. The lowest BCUT2D eigenvalue weighted by Crippen LogP contribution is -2.12. The standard InChI is InChI=1S/C19H22O2/c1-13(20)14-7-6-8-15(11-14)16-9-10-18(21-5)17(12-16)19(2,3)4/h6-12H,1-5H3/i5D3. The average molecular weight is 285 g/mol. The molecule has 0 saturated carbocycles. The number of rotatable bonds is 3. The van der Waals surface area contributed by atoms with Crippen LogP contribution in [0.2, 0.25) is 0 Å². The fourth-order valence-electron chi connectivity index (χ4n) is 2.30. The van der Waals surface area contributed by atoms with Crippen LogP contribution in [0.3, 0.4) is 0 Å². The molecule has 0 aliphatic carbocycles. The summed E-state index contributed by atoms with van der Waals surface area (Å²) in [6, 6.07) is 12.8. The number of ketones is 1. The molecule has 0 radical (unpaired) electrons. The largest absolute Gasteiger partial charge is 0.496 e. The van der Waals surface area contributed by atoms with Crippen molar-refractivity contribution in [1.29, 1.82) is 0 Å². The molecule has 2 heteroatoms. The van der Waals surface area contributed by atoms with Crippen molar-refractivity contribution in [2.75, 3.05) is 7.04 Å². The molecule has 0 saturated heterocycles. The highest BCUT2D eigenvalue weighted by Gasteiger charge is 2.19. The van der Waals surface area contributed by atoms with Gasteiger partial charge < -0.3 is 4.74 Å². The Morgan fingerprint density at radius 2 is 1.81 bits per heavy atom. The first-order valence-electron chi connectivity index (χ1n) is 8.42. The van der Waals surface area contributed by atoms with Crippen LogP contribution in [0.5, 0.6) is 5.75 Å². The summed E-state index contributed by atoms with van der Waals surface area (Å²) >= 11 is 0. The van der Waals surface area contributed by atoms with E-state index in [9.17, 15) is 4.79 Å². The number of methoxy groups -OCH3 is 1. The maximum Gasteiger partial charge on any atom is 0.159 e. The van der Waals surface area contributed by atoms with Gasteiger partial charge in [-0.05, 0) is 41.7 Å². The third-order valence-corrected chi connectivity index (χ3v) is 3.50. The molecule has 0 aliphatic heterocycles. The van der Waals surface area contributed by atoms with Crippen molar-refractivity contribution in [3.8, 4) is 16.9 Å². The third kappa shape index (κ3) is 3.33. The van der Waals surface area contributed by atoms with Crippen molar-refractivity contribution >= 4 is 5.78 Å². The molecule has 0 N–H and O–H groups in total. The summed E-state index contributed by atoms with van der Waals surface area (Å²) in [6.07, 6.45) is 0. The molecule has 110 valence electrons. The lowest BCUT2D eigenvalue weighted by Gasteiger charge is -2.23. The Balaban J connectivity index is 2.54. The molecule has 2 nitrogen and oxygen atoms in total. The van der Waals surface area contributed by atoms with E-state index < -0.39 is 7.04 Å². The van der Waals surface area contributed by atoms with Crippen LogP contribution in [0, 0.1) is 0 Å². The Kier molecular flexibility index (Phi) is 3.15. The highest BCUT2D eigenvalue weighted by atomic mass is 16.5. The summed E-state index contributed by atoms with van der Waals surface area (Å²) in [5.74, 6) is 0.365. The van der Waals surface area contributed by atoms with Gasteiger partial charge in [-0.1, -0.05) is 45.0 Å². The van der Waals surface area contributed by atoms with Crippen LogP contribution in [0.25, 0.3) is 11.1 Å². The van der Waals surface area contributed by atoms with Crippen LogP contribution < -0.4 is 4.74 Å². The number of carbonyl (C=O) groups excluding carboxylic acids is 1. The van der Waals surface area contributed by atoms with Gasteiger partial charge in [-0.3, -0.25) is 4.79 Å². The summed E-state index contributed by atoms with van der Waals surface area (Å²) in [5, 5.41) is 0. The Morgan fingerprint density at radius 1 is 1.10 bits per heavy atom. The average Bonchev–Trinajstić information content (AvgIpc) is 2.45. The van der Waals surface area contributed by atoms with Gasteiger partial charge in [-0.2, -0.15) is 0 Å². The molecular weight excluding hydrogens is 260 g/mol. The predicted octanol–water partition coefficient (Wildman–Crippen LogP) is 4.86. The van der Waals surface area contributed by atoms with Gasteiger partial charge in [0.15, 0.2) is 5.78 Å². The minimum absolute atomic E-state index is 0.00949. The van der Waals surface area contributed by atoms with Gasteiger partial charge in [0.05, 0.1) is 11.2 Å². The first-order valence-corrected chi connectivity index (χ1v) is 6.92. The molecule has 2 aromatic rings. The van der Waals surface area contributed by atoms with Crippen molar-refractivity contribution in [2.24, 2.45) is 0 Å². The Morgan fingerprint density at radius 3 is 2.43 bits per heavy atom. The SMILES string of the molecule is [2H]C([2H])([2H])Oc1ccc(-c2cccc(C(C)=O)c2)cc1C(C)(C)C. The second-order valence-electron chi connectivity index (χ2n) is 6.20. The summed E-state index contributed by atoms with van der Waals surface area (Å²) in [6.45, 7) is 7.55. The predicted molar refractivity (Wildman–Crippen MR) is 87.1 cm³/mol. The molecule has 0 aromatic heterocycles. The minimum Gasteiger partial charge on any atom is -0.496 e. The molecule has 0 amide bonds. The van der Waals surface area contributed by atoms with Crippen molar-refractivity contribution in [1.82, 2.24) is 0 Å². The van der Waals surface area contributed by atoms with Gasteiger partial charge in [-0.25, -0.2) is 0 Å². The maximum absolute atomic E-state index is 11.6. The molecule has 2 rings (SSSR count). The van der Waals surface area contributed by atoms with Crippen molar-refractivity contribution in [3.63, 3.8) is 0 Å². The van der Waals surface area contributed by atoms with E-state index in [0.717, 1.165) is 16.7 Å². The lowest BCUT2D eigenvalue weighted by atomic mass is 9.84. The highest BCUT2D eigenvalue weighted by Crippen LogP contribution is 2.35. The molecule has 0 fully saturated rings.